The van der Waals surface area contributed by atoms with Gasteiger partial charge in [0, 0.05) is 35.8 Å². The molecule has 0 atom stereocenters. The van der Waals surface area contributed by atoms with Crippen LogP contribution in [0.15, 0.2) is 41.3 Å². The largest absolute Gasteiger partial charge is 0.321 e. The summed E-state index contributed by atoms with van der Waals surface area (Å²) < 4.78 is 14.8. The molecule has 0 bridgehead atoms. The van der Waals surface area contributed by atoms with Crippen LogP contribution in [0.2, 0.25) is 0 Å². The summed E-state index contributed by atoms with van der Waals surface area (Å²) in [7, 11) is 1.79. The molecule has 0 aliphatic carbocycles. The first-order valence-electron chi connectivity index (χ1n) is 5.74. The van der Waals surface area contributed by atoms with Gasteiger partial charge in [-0.25, -0.2) is 4.39 Å². The molecule has 2 rings (SSSR count). The molecule has 0 amide bonds. The Morgan fingerprint density at radius 1 is 1.28 bits per heavy atom. The van der Waals surface area contributed by atoms with E-state index in [0.717, 1.165) is 11.4 Å². The van der Waals surface area contributed by atoms with E-state index in [1.165, 1.54) is 12.1 Å². The number of rotatable bonds is 3. The molecule has 0 unspecified atom stereocenters. The van der Waals surface area contributed by atoms with Crippen molar-refractivity contribution in [1.82, 2.24) is 9.88 Å². The Balaban J connectivity index is 2.53. The number of nitrogens with zero attached hydrogens (tertiary/aromatic N) is 1. The van der Waals surface area contributed by atoms with E-state index in [1.54, 1.807) is 31.4 Å². The number of aryl methyl sites for hydroxylation is 1. The zero-order chi connectivity index (χ0) is 13.1. The van der Waals surface area contributed by atoms with Gasteiger partial charge in [0.25, 0.3) is 0 Å². The second-order valence-corrected chi connectivity index (χ2v) is 4.18. The van der Waals surface area contributed by atoms with Gasteiger partial charge in [-0.3, -0.25) is 4.79 Å². The number of hydrogen-bond donors (Lipinski definition) is 1. The third-order valence-corrected chi connectivity index (χ3v) is 2.79. The minimum Gasteiger partial charge on any atom is -0.321 e. The van der Waals surface area contributed by atoms with Crippen LogP contribution < -0.4 is 10.7 Å². The molecule has 0 spiro atoms. The fourth-order valence-electron chi connectivity index (χ4n) is 1.88. The molecular weight excluding hydrogens is 231 g/mol. The van der Waals surface area contributed by atoms with Crippen LogP contribution in [0.4, 0.5) is 4.39 Å². The van der Waals surface area contributed by atoms with Gasteiger partial charge in [-0.05, 0) is 38.2 Å². The standard InChI is InChI=1S/C14H15FN2O/c1-10-7-14(18)11(8-16-2)9-17(10)13-5-3-12(15)4-6-13/h3-7,9,16H,8H2,1-2H3. The lowest BCUT2D eigenvalue weighted by molar-refractivity contribution is 0.627. The lowest BCUT2D eigenvalue weighted by Gasteiger charge is -2.12. The Morgan fingerprint density at radius 3 is 2.56 bits per heavy atom. The molecule has 0 saturated heterocycles. The third kappa shape index (κ3) is 2.49. The molecule has 0 radical (unpaired) electrons. The van der Waals surface area contributed by atoms with Crippen molar-refractivity contribution in [2.75, 3.05) is 7.05 Å². The van der Waals surface area contributed by atoms with Crippen LogP contribution in [0.3, 0.4) is 0 Å². The van der Waals surface area contributed by atoms with E-state index in [-0.39, 0.29) is 11.2 Å². The fraction of sp³-hybridized carbons (Fsp3) is 0.214. The first-order chi connectivity index (χ1) is 8.61. The number of aromatic nitrogens is 1. The molecule has 0 fully saturated rings. The van der Waals surface area contributed by atoms with Gasteiger partial charge < -0.3 is 9.88 Å². The summed E-state index contributed by atoms with van der Waals surface area (Å²) in [4.78, 5) is 11.8. The summed E-state index contributed by atoms with van der Waals surface area (Å²) in [5.41, 5.74) is 2.37. The number of nitrogens with one attached hydrogen (secondary N) is 1. The van der Waals surface area contributed by atoms with Crippen molar-refractivity contribution in [3.05, 3.63) is 63.8 Å². The molecule has 94 valence electrons. The topological polar surface area (TPSA) is 34.0 Å². The van der Waals surface area contributed by atoms with Gasteiger partial charge in [-0.2, -0.15) is 0 Å². The third-order valence-electron chi connectivity index (χ3n) is 2.79. The zero-order valence-corrected chi connectivity index (χ0v) is 10.4. The monoisotopic (exact) mass is 246 g/mol. The van der Waals surface area contributed by atoms with E-state index in [0.29, 0.717) is 12.1 Å². The van der Waals surface area contributed by atoms with Crippen molar-refractivity contribution in [1.29, 1.82) is 0 Å². The van der Waals surface area contributed by atoms with Gasteiger partial charge in [0.15, 0.2) is 5.43 Å². The van der Waals surface area contributed by atoms with Gasteiger partial charge in [-0.15, -0.1) is 0 Å². The van der Waals surface area contributed by atoms with Crippen LogP contribution in [-0.2, 0) is 6.54 Å². The highest BCUT2D eigenvalue weighted by Crippen LogP contribution is 2.11. The Kier molecular flexibility index (Phi) is 3.58. The van der Waals surface area contributed by atoms with Crippen LogP contribution in [0, 0.1) is 12.7 Å². The number of pyridine rings is 1. The Morgan fingerprint density at radius 2 is 1.94 bits per heavy atom. The predicted octanol–water partition coefficient (Wildman–Crippen LogP) is 2.00. The van der Waals surface area contributed by atoms with E-state index in [9.17, 15) is 9.18 Å². The van der Waals surface area contributed by atoms with Crippen LogP contribution in [0.1, 0.15) is 11.3 Å². The number of hydrogen-bond acceptors (Lipinski definition) is 2. The van der Waals surface area contributed by atoms with E-state index in [1.807, 2.05) is 11.5 Å². The Labute approximate surface area is 105 Å². The maximum atomic E-state index is 12.9. The lowest BCUT2D eigenvalue weighted by Crippen LogP contribution is -2.19. The highest BCUT2D eigenvalue weighted by atomic mass is 19.1. The lowest BCUT2D eigenvalue weighted by atomic mass is 10.2. The van der Waals surface area contributed by atoms with Crippen molar-refractivity contribution >= 4 is 0 Å². The minimum atomic E-state index is -0.270. The summed E-state index contributed by atoms with van der Waals surface area (Å²) in [6.45, 7) is 2.37. The molecule has 18 heavy (non-hydrogen) atoms. The van der Waals surface area contributed by atoms with Gasteiger partial charge >= 0.3 is 0 Å². The molecule has 0 aliphatic heterocycles. The van der Waals surface area contributed by atoms with Crippen LogP contribution >= 0.6 is 0 Å². The maximum Gasteiger partial charge on any atom is 0.186 e. The molecule has 1 aromatic heterocycles. The van der Waals surface area contributed by atoms with Crippen molar-refractivity contribution in [3.63, 3.8) is 0 Å². The maximum absolute atomic E-state index is 12.9. The smallest absolute Gasteiger partial charge is 0.186 e. The zero-order valence-electron chi connectivity index (χ0n) is 10.4. The SMILES string of the molecule is CNCc1cn(-c2ccc(F)cc2)c(C)cc1=O. The summed E-state index contributed by atoms with van der Waals surface area (Å²) >= 11 is 0. The first-order valence-corrected chi connectivity index (χ1v) is 5.74. The van der Waals surface area contributed by atoms with E-state index < -0.39 is 0 Å². The van der Waals surface area contributed by atoms with Crippen LogP contribution in [0.25, 0.3) is 5.69 Å². The second-order valence-electron chi connectivity index (χ2n) is 4.18. The normalized spacial score (nSPS) is 10.6. The summed E-state index contributed by atoms with van der Waals surface area (Å²) in [5.74, 6) is -0.270. The van der Waals surface area contributed by atoms with Crippen LogP contribution in [-0.4, -0.2) is 11.6 Å². The van der Waals surface area contributed by atoms with Crippen molar-refractivity contribution < 1.29 is 4.39 Å². The van der Waals surface area contributed by atoms with E-state index in [4.69, 9.17) is 0 Å². The van der Waals surface area contributed by atoms with Gasteiger partial charge in [-0.1, -0.05) is 0 Å². The Hall–Kier alpha value is -1.94. The fourth-order valence-corrected chi connectivity index (χ4v) is 1.88. The van der Waals surface area contributed by atoms with Gasteiger partial charge in [0.2, 0.25) is 0 Å². The van der Waals surface area contributed by atoms with Crippen molar-refractivity contribution in [3.8, 4) is 5.69 Å². The summed E-state index contributed by atoms with van der Waals surface area (Å²) in [6, 6.07) is 7.79. The second kappa shape index (κ2) is 5.14. The van der Waals surface area contributed by atoms with Gasteiger partial charge in [0.1, 0.15) is 5.82 Å². The molecule has 0 aliphatic rings. The summed E-state index contributed by atoms with van der Waals surface area (Å²) in [5, 5.41) is 2.96. The van der Waals surface area contributed by atoms with Gasteiger partial charge in [0.05, 0.1) is 0 Å². The first kappa shape index (κ1) is 12.5. The molecule has 1 aromatic carbocycles. The molecule has 4 heteroatoms. The highest BCUT2D eigenvalue weighted by Gasteiger charge is 2.05. The predicted molar refractivity (Wildman–Crippen MR) is 69.5 cm³/mol. The van der Waals surface area contributed by atoms with E-state index in [2.05, 4.69) is 5.32 Å². The minimum absolute atomic E-state index is 0.0141. The van der Waals surface area contributed by atoms with Crippen LogP contribution in [0.5, 0.6) is 0 Å². The Bertz CT molecular complexity index is 602. The van der Waals surface area contributed by atoms with E-state index >= 15 is 0 Å². The average Bonchev–Trinajstić information content (AvgIpc) is 2.34. The summed E-state index contributed by atoms with van der Waals surface area (Å²) in [6.07, 6.45) is 1.79. The number of benzene rings is 1. The van der Waals surface area contributed by atoms with Crippen molar-refractivity contribution in [2.45, 2.75) is 13.5 Å². The molecule has 2 aromatic rings. The average molecular weight is 246 g/mol. The molecular formula is C14H15FN2O. The highest BCUT2D eigenvalue weighted by molar-refractivity contribution is 5.35. The molecule has 0 saturated carbocycles. The van der Waals surface area contributed by atoms with Crippen molar-refractivity contribution in [2.24, 2.45) is 0 Å². The molecule has 3 nitrogen and oxygen atoms in total. The number of halogens is 1. The quantitative estimate of drug-likeness (QED) is 0.898. The molecule has 1 N–H and O–H groups in total. The molecule has 1 heterocycles.